The molecule has 1 aliphatic heterocycles. The van der Waals surface area contributed by atoms with Crippen molar-refractivity contribution in [1.29, 1.82) is 0 Å². The van der Waals surface area contributed by atoms with Gasteiger partial charge in [-0.1, -0.05) is 48.5 Å². The summed E-state index contributed by atoms with van der Waals surface area (Å²) >= 11 is 0. The Hall–Kier alpha value is -5.46. The van der Waals surface area contributed by atoms with Gasteiger partial charge < -0.3 is 37.1 Å². The van der Waals surface area contributed by atoms with Crippen LogP contribution in [-0.2, 0) is 19.2 Å². The number of nitrogens with zero attached hydrogens (tertiary/aromatic N) is 3. The fourth-order valence-electron chi connectivity index (χ4n) is 5.09. The molecule has 230 valence electrons. The number of anilines is 1. The monoisotopic (exact) mass is 600 g/mol. The van der Waals surface area contributed by atoms with Gasteiger partial charge in [0.05, 0.1) is 16.9 Å². The van der Waals surface area contributed by atoms with E-state index in [0.29, 0.717) is 42.0 Å². The lowest BCUT2D eigenvalue weighted by atomic mass is 10.1. The minimum Gasteiger partial charge on any atom is -0.481 e. The number of carbonyl (C=O) groups excluding carboxylic acids is 3. The molecule has 1 aromatic heterocycles. The third kappa shape index (κ3) is 7.48. The van der Waals surface area contributed by atoms with Gasteiger partial charge in [0.15, 0.2) is 5.96 Å². The van der Waals surface area contributed by atoms with Gasteiger partial charge in [0.25, 0.3) is 0 Å². The Bertz CT molecular complexity index is 1600. The van der Waals surface area contributed by atoms with Crippen LogP contribution in [-0.4, -0.2) is 63.8 Å². The molecular formula is C31H36N8O5. The number of primary amides is 1. The van der Waals surface area contributed by atoms with Gasteiger partial charge in [0, 0.05) is 36.8 Å². The summed E-state index contributed by atoms with van der Waals surface area (Å²) in [7, 11) is 0. The van der Waals surface area contributed by atoms with Crippen LogP contribution in [0.15, 0.2) is 70.6 Å². The standard InChI is InChI=1S/C31H36N8O5/c1-18-25(29-36-22(28(32)43)14-9-17-34-31(33)38-29)26(37-30(44)23(35-19(2)40)15-16-24(41)42)27(20-10-5-3-6-11-20)39(18)21-12-7-4-8-13-21/h3-8,10-13,22-23H,9,14-17H2,1-2H3,(H2,32,43)(H,35,40)(H,37,44)(H,41,42)(H3,33,34,36,38). The first-order chi connectivity index (χ1) is 21.1. The van der Waals surface area contributed by atoms with Crippen LogP contribution >= 0.6 is 0 Å². The van der Waals surface area contributed by atoms with Crippen LogP contribution in [0.25, 0.3) is 16.9 Å². The number of carbonyl (C=O) groups is 4. The second kappa shape index (κ2) is 14.1. The number of hydrogen-bond donors (Lipinski definition) is 6. The molecule has 2 heterocycles. The lowest BCUT2D eigenvalue weighted by Gasteiger charge is -2.19. The second-order valence-electron chi connectivity index (χ2n) is 10.3. The Kier molecular flexibility index (Phi) is 10.1. The van der Waals surface area contributed by atoms with E-state index in [-0.39, 0.29) is 24.6 Å². The molecule has 0 radical (unpaired) electrons. The minimum absolute atomic E-state index is 0.0665. The Morgan fingerprint density at radius 3 is 2.36 bits per heavy atom. The molecule has 0 saturated heterocycles. The van der Waals surface area contributed by atoms with Gasteiger partial charge in [0.1, 0.15) is 17.9 Å². The third-order valence-electron chi connectivity index (χ3n) is 7.07. The molecule has 1 aliphatic rings. The lowest BCUT2D eigenvalue weighted by Crippen LogP contribution is -2.44. The molecule has 0 fully saturated rings. The Labute approximate surface area is 254 Å². The summed E-state index contributed by atoms with van der Waals surface area (Å²) < 4.78 is 1.94. The second-order valence-corrected chi connectivity index (χ2v) is 10.3. The van der Waals surface area contributed by atoms with Crippen molar-refractivity contribution in [2.75, 3.05) is 11.9 Å². The van der Waals surface area contributed by atoms with Gasteiger partial charge >= 0.3 is 5.97 Å². The van der Waals surface area contributed by atoms with Crippen LogP contribution in [0.3, 0.4) is 0 Å². The normalized spacial score (nSPS) is 15.7. The molecule has 4 rings (SSSR count). The summed E-state index contributed by atoms with van der Waals surface area (Å²) in [6.45, 7) is 3.44. The number of rotatable bonds is 10. The van der Waals surface area contributed by atoms with E-state index in [9.17, 15) is 24.3 Å². The van der Waals surface area contributed by atoms with Crippen LogP contribution in [0.1, 0.15) is 43.9 Å². The Morgan fingerprint density at radius 2 is 1.75 bits per heavy atom. The average molecular weight is 601 g/mol. The first kappa shape index (κ1) is 31.5. The zero-order chi connectivity index (χ0) is 31.8. The maximum Gasteiger partial charge on any atom is 0.303 e. The third-order valence-corrected chi connectivity index (χ3v) is 7.07. The largest absolute Gasteiger partial charge is 0.481 e. The van der Waals surface area contributed by atoms with E-state index in [1.165, 1.54) is 6.92 Å². The first-order valence-electron chi connectivity index (χ1n) is 14.2. The quantitative estimate of drug-likeness (QED) is 0.204. The van der Waals surface area contributed by atoms with Crippen LogP contribution < -0.4 is 27.4 Å². The molecule has 3 aromatic rings. The van der Waals surface area contributed by atoms with E-state index in [2.05, 4.69) is 20.9 Å². The highest BCUT2D eigenvalue weighted by atomic mass is 16.4. The number of amidine groups is 1. The van der Waals surface area contributed by atoms with Crippen molar-refractivity contribution in [2.45, 2.75) is 51.6 Å². The molecule has 0 aliphatic carbocycles. The number of benzene rings is 2. The summed E-state index contributed by atoms with van der Waals surface area (Å²) in [5.41, 5.74) is 15.4. The molecule has 13 nitrogen and oxygen atoms in total. The number of aromatic nitrogens is 1. The van der Waals surface area contributed by atoms with Crippen LogP contribution in [0.2, 0.25) is 0 Å². The Balaban J connectivity index is 2.02. The van der Waals surface area contributed by atoms with E-state index < -0.39 is 35.8 Å². The molecule has 3 amide bonds. The molecule has 2 aromatic carbocycles. The van der Waals surface area contributed by atoms with Gasteiger partial charge in [-0.15, -0.1) is 0 Å². The summed E-state index contributed by atoms with van der Waals surface area (Å²) in [5.74, 6) is -2.64. The van der Waals surface area contributed by atoms with E-state index in [1.807, 2.05) is 72.2 Å². The summed E-state index contributed by atoms with van der Waals surface area (Å²) in [5, 5.41) is 17.8. The predicted molar refractivity (Wildman–Crippen MR) is 167 cm³/mol. The fraction of sp³-hybridized carbons (Fsp3) is 0.290. The predicted octanol–water partition coefficient (Wildman–Crippen LogP) is 2.06. The molecule has 13 heteroatoms. The number of aliphatic carboxylic acids is 1. The van der Waals surface area contributed by atoms with Crippen LogP contribution in [0.5, 0.6) is 0 Å². The number of carboxylic acid groups (broad SMARTS) is 1. The number of amides is 3. The molecule has 44 heavy (non-hydrogen) atoms. The summed E-state index contributed by atoms with van der Waals surface area (Å²) in [6.07, 6.45) is 0.375. The maximum atomic E-state index is 13.8. The molecule has 8 N–H and O–H groups in total. The van der Waals surface area contributed by atoms with E-state index in [4.69, 9.17) is 16.5 Å². The number of nitrogens with two attached hydrogens (primary N) is 2. The molecule has 0 bridgehead atoms. The van der Waals surface area contributed by atoms with Crippen molar-refractivity contribution in [3.05, 3.63) is 71.9 Å². The zero-order valence-electron chi connectivity index (χ0n) is 24.5. The average Bonchev–Trinajstić information content (AvgIpc) is 3.31. The molecule has 0 spiro atoms. The maximum absolute atomic E-state index is 13.8. The minimum atomic E-state index is -1.15. The van der Waals surface area contributed by atoms with Crippen molar-refractivity contribution >= 4 is 41.2 Å². The van der Waals surface area contributed by atoms with Crippen molar-refractivity contribution < 1.29 is 24.3 Å². The summed E-state index contributed by atoms with van der Waals surface area (Å²) in [6, 6.07) is 16.7. The van der Waals surface area contributed by atoms with Gasteiger partial charge in [0.2, 0.25) is 17.7 Å². The number of guanidine groups is 1. The smallest absolute Gasteiger partial charge is 0.303 e. The number of hydrogen-bond acceptors (Lipinski definition) is 8. The van der Waals surface area contributed by atoms with Gasteiger partial charge in [-0.3, -0.25) is 29.2 Å². The number of nitrogens with one attached hydrogen (secondary N) is 3. The summed E-state index contributed by atoms with van der Waals surface area (Å²) in [4.78, 5) is 58.6. The van der Waals surface area contributed by atoms with Crippen molar-refractivity contribution in [3.8, 4) is 16.9 Å². The molecule has 2 unspecified atom stereocenters. The van der Waals surface area contributed by atoms with E-state index in [1.54, 1.807) is 0 Å². The van der Waals surface area contributed by atoms with E-state index >= 15 is 0 Å². The molecule has 0 saturated carbocycles. The van der Waals surface area contributed by atoms with Crippen molar-refractivity contribution in [1.82, 2.24) is 15.2 Å². The Morgan fingerprint density at radius 1 is 1.09 bits per heavy atom. The number of para-hydroxylation sites is 1. The van der Waals surface area contributed by atoms with Gasteiger partial charge in [-0.2, -0.15) is 0 Å². The van der Waals surface area contributed by atoms with Gasteiger partial charge in [-0.25, -0.2) is 0 Å². The zero-order valence-corrected chi connectivity index (χ0v) is 24.5. The van der Waals surface area contributed by atoms with Crippen LogP contribution in [0.4, 0.5) is 5.69 Å². The lowest BCUT2D eigenvalue weighted by molar-refractivity contribution is -0.137. The molecular weight excluding hydrogens is 564 g/mol. The molecule has 2 atom stereocenters. The van der Waals surface area contributed by atoms with Crippen LogP contribution in [0, 0.1) is 6.92 Å². The highest BCUT2D eigenvalue weighted by Crippen LogP contribution is 2.39. The number of aliphatic imine (C=N–C) groups is 2. The van der Waals surface area contributed by atoms with E-state index in [0.717, 1.165) is 11.3 Å². The highest BCUT2D eigenvalue weighted by Gasteiger charge is 2.31. The SMILES string of the molecule is CC(=O)NC(CCC(=O)O)C(=O)Nc1c(C2=NC(C(N)=O)CCCN=C(N)N2)c(C)n(-c2ccccc2)c1-c1ccccc1. The first-order valence-corrected chi connectivity index (χ1v) is 14.2. The van der Waals surface area contributed by atoms with Gasteiger partial charge in [-0.05, 0) is 38.3 Å². The number of carboxylic acids is 1. The van der Waals surface area contributed by atoms with Crippen molar-refractivity contribution in [3.63, 3.8) is 0 Å². The highest BCUT2D eigenvalue weighted by molar-refractivity contribution is 6.17. The fourth-order valence-corrected chi connectivity index (χ4v) is 5.09. The van der Waals surface area contributed by atoms with Crippen molar-refractivity contribution in [2.24, 2.45) is 21.5 Å². The topological polar surface area (TPSA) is 206 Å².